The maximum absolute atomic E-state index is 11.3. The van der Waals surface area contributed by atoms with E-state index in [0.29, 0.717) is 18.1 Å². The number of nitrogens with zero attached hydrogens (tertiary/aromatic N) is 5. The largest absolute Gasteiger partial charge is 0.481 e. The molecule has 2 N–H and O–H groups in total. The second kappa shape index (κ2) is 6.00. The Hall–Kier alpha value is -3.11. The number of hydrogen-bond acceptors (Lipinski definition) is 7. The summed E-state index contributed by atoms with van der Waals surface area (Å²) in [6, 6.07) is 6.71. The second-order valence-corrected chi connectivity index (χ2v) is 7.15. The van der Waals surface area contributed by atoms with Crippen LogP contribution >= 0.6 is 0 Å². The van der Waals surface area contributed by atoms with Gasteiger partial charge in [-0.15, -0.1) is 0 Å². The molecular weight excluding hydrogens is 356 g/mol. The molecule has 0 saturated heterocycles. The molecule has 132 valence electrons. The van der Waals surface area contributed by atoms with E-state index < -0.39 is 10.0 Å². The lowest BCUT2D eigenvalue weighted by atomic mass is 10.2. The third-order valence-corrected chi connectivity index (χ3v) is 4.76. The van der Waals surface area contributed by atoms with Crippen molar-refractivity contribution in [2.75, 3.05) is 7.11 Å². The molecule has 0 amide bonds. The summed E-state index contributed by atoms with van der Waals surface area (Å²) in [5, 5.41) is 5.75. The highest BCUT2D eigenvalue weighted by molar-refractivity contribution is 7.89. The summed E-state index contributed by atoms with van der Waals surface area (Å²) in [7, 11) is -2.26. The van der Waals surface area contributed by atoms with Crippen LogP contribution in [0.15, 0.2) is 48.0 Å². The molecule has 0 spiro atoms. The number of fused-ring (bicyclic) bond motifs is 3. The summed E-state index contributed by atoms with van der Waals surface area (Å²) >= 11 is 0. The van der Waals surface area contributed by atoms with Gasteiger partial charge in [-0.3, -0.25) is 0 Å². The van der Waals surface area contributed by atoms with Crippen LogP contribution in [0.3, 0.4) is 0 Å². The maximum Gasteiger partial charge on any atom is 0.255 e. The van der Waals surface area contributed by atoms with Crippen LogP contribution in [0, 0.1) is 0 Å². The molecule has 26 heavy (non-hydrogen) atoms. The van der Waals surface area contributed by atoms with Crippen LogP contribution in [-0.4, -0.2) is 40.0 Å². The topological polar surface area (TPSA) is 126 Å². The van der Waals surface area contributed by atoms with E-state index in [0.717, 1.165) is 22.0 Å². The van der Waals surface area contributed by atoms with Gasteiger partial charge in [0, 0.05) is 17.6 Å². The van der Waals surface area contributed by atoms with E-state index in [1.807, 2.05) is 10.6 Å². The summed E-state index contributed by atoms with van der Waals surface area (Å²) in [6.45, 7) is 0.458. The maximum atomic E-state index is 11.3. The van der Waals surface area contributed by atoms with Crippen LogP contribution in [-0.2, 0) is 16.6 Å². The number of ether oxygens (including phenoxy) is 1. The number of nitrogens with two attached hydrogens (primary N) is 1. The monoisotopic (exact) mass is 370 g/mol. The van der Waals surface area contributed by atoms with Gasteiger partial charge in [-0.25, -0.2) is 28.5 Å². The van der Waals surface area contributed by atoms with E-state index >= 15 is 0 Å². The number of methoxy groups -OCH3 is 1. The Morgan fingerprint density at radius 2 is 1.96 bits per heavy atom. The first-order valence-electron chi connectivity index (χ1n) is 7.58. The molecule has 0 bridgehead atoms. The number of aromatic nitrogens is 5. The fourth-order valence-corrected chi connectivity index (χ4v) is 3.18. The lowest BCUT2D eigenvalue weighted by Crippen LogP contribution is -2.14. The first kappa shape index (κ1) is 16.4. The quantitative estimate of drug-likeness (QED) is 0.569. The molecule has 4 heterocycles. The van der Waals surface area contributed by atoms with Crippen molar-refractivity contribution < 1.29 is 13.2 Å². The van der Waals surface area contributed by atoms with E-state index in [1.165, 1.54) is 12.3 Å². The minimum atomic E-state index is -3.81. The van der Waals surface area contributed by atoms with E-state index in [4.69, 9.17) is 9.88 Å². The van der Waals surface area contributed by atoms with E-state index in [-0.39, 0.29) is 5.03 Å². The van der Waals surface area contributed by atoms with Crippen molar-refractivity contribution in [3.05, 3.63) is 48.5 Å². The molecule has 0 saturated carbocycles. The molecule has 0 aliphatic heterocycles. The van der Waals surface area contributed by atoms with Crippen LogP contribution in [0.1, 0.15) is 5.56 Å². The highest BCUT2D eigenvalue weighted by Crippen LogP contribution is 2.24. The van der Waals surface area contributed by atoms with Gasteiger partial charge in [0.1, 0.15) is 5.52 Å². The van der Waals surface area contributed by atoms with Gasteiger partial charge in [0.05, 0.1) is 31.7 Å². The van der Waals surface area contributed by atoms with Crippen molar-refractivity contribution in [2.24, 2.45) is 5.14 Å². The van der Waals surface area contributed by atoms with E-state index in [1.54, 1.807) is 31.8 Å². The SMILES string of the molecule is COc1ccc2c(ncc3ncn(Cc4ccc(S(N)(=O)=O)nc4)c32)n1. The molecule has 0 aliphatic rings. The lowest BCUT2D eigenvalue weighted by Gasteiger charge is -2.07. The van der Waals surface area contributed by atoms with Gasteiger partial charge in [0.15, 0.2) is 10.7 Å². The average molecular weight is 370 g/mol. The Bertz CT molecular complexity index is 1220. The summed E-state index contributed by atoms with van der Waals surface area (Å²) < 4.78 is 29.7. The highest BCUT2D eigenvalue weighted by Gasteiger charge is 2.12. The van der Waals surface area contributed by atoms with Crippen LogP contribution in [0.4, 0.5) is 0 Å². The molecule has 4 rings (SSSR count). The summed E-state index contributed by atoms with van der Waals surface area (Å²) in [5.41, 5.74) is 2.98. The third-order valence-electron chi connectivity index (χ3n) is 3.93. The highest BCUT2D eigenvalue weighted by atomic mass is 32.2. The number of sulfonamides is 1. The van der Waals surface area contributed by atoms with Gasteiger partial charge in [-0.1, -0.05) is 6.07 Å². The minimum Gasteiger partial charge on any atom is -0.481 e. The Kier molecular flexibility index (Phi) is 3.78. The zero-order chi connectivity index (χ0) is 18.3. The molecule has 0 radical (unpaired) electrons. The van der Waals surface area contributed by atoms with Gasteiger partial charge in [-0.2, -0.15) is 4.98 Å². The fourth-order valence-electron chi connectivity index (χ4n) is 2.72. The molecule has 0 aliphatic carbocycles. The van der Waals surface area contributed by atoms with Crippen LogP contribution in [0.25, 0.3) is 22.1 Å². The van der Waals surface area contributed by atoms with Gasteiger partial charge >= 0.3 is 0 Å². The third kappa shape index (κ3) is 2.85. The van der Waals surface area contributed by atoms with Crippen molar-refractivity contribution in [1.82, 2.24) is 24.5 Å². The molecule has 0 aromatic carbocycles. The molecule has 0 unspecified atom stereocenters. The van der Waals surface area contributed by atoms with E-state index in [2.05, 4.69) is 19.9 Å². The van der Waals surface area contributed by atoms with Gasteiger partial charge in [0.25, 0.3) is 10.0 Å². The lowest BCUT2D eigenvalue weighted by molar-refractivity contribution is 0.399. The van der Waals surface area contributed by atoms with Crippen LogP contribution in [0.5, 0.6) is 5.88 Å². The Morgan fingerprint density at radius 1 is 1.12 bits per heavy atom. The zero-order valence-corrected chi connectivity index (χ0v) is 14.5. The van der Waals surface area contributed by atoms with Crippen LogP contribution < -0.4 is 9.88 Å². The molecule has 4 aromatic heterocycles. The predicted octanol–water partition coefficient (Wildman–Crippen LogP) is 1.08. The second-order valence-electron chi connectivity index (χ2n) is 5.64. The van der Waals surface area contributed by atoms with Gasteiger partial charge in [-0.05, 0) is 17.7 Å². The van der Waals surface area contributed by atoms with Gasteiger partial charge in [0.2, 0.25) is 5.88 Å². The Labute approximate surface area is 148 Å². The van der Waals surface area contributed by atoms with E-state index in [9.17, 15) is 8.42 Å². The van der Waals surface area contributed by atoms with Gasteiger partial charge < -0.3 is 9.30 Å². The summed E-state index contributed by atoms with van der Waals surface area (Å²) in [6.07, 6.45) is 4.84. The van der Waals surface area contributed by atoms with Crippen molar-refractivity contribution in [3.8, 4) is 5.88 Å². The van der Waals surface area contributed by atoms with Crippen molar-refractivity contribution >= 4 is 32.1 Å². The molecule has 0 fully saturated rings. The van der Waals surface area contributed by atoms with Crippen molar-refractivity contribution in [3.63, 3.8) is 0 Å². The number of imidazole rings is 1. The smallest absolute Gasteiger partial charge is 0.255 e. The standard InChI is InChI=1S/C16H14N6O3S/c1-25-13-4-3-11-15-12(7-19-16(11)21-13)20-9-22(15)8-10-2-5-14(18-6-10)26(17,23)24/h2-7,9H,8H2,1H3,(H2,17,23,24). The Morgan fingerprint density at radius 3 is 2.65 bits per heavy atom. The molecule has 9 nitrogen and oxygen atoms in total. The minimum absolute atomic E-state index is 0.164. The molecule has 0 atom stereocenters. The molecule has 10 heteroatoms. The fraction of sp³-hybridized carbons (Fsp3) is 0.125. The predicted molar refractivity (Wildman–Crippen MR) is 94.1 cm³/mol. The van der Waals surface area contributed by atoms with Crippen molar-refractivity contribution in [1.29, 1.82) is 0 Å². The average Bonchev–Trinajstić information content (AvgIpc) is 3.04. The Balaban J connectivity index is 1.78. The number of pyridine rings is 3. The molecule has 4 aromatic rings. The van der Waals surface area contributed by atoms with Crippen molar-refractivity contribution in [2.45, 2.75) is 11.6 Å². The zero-order valence-electron chi connectivity index (χ0n) is 13.7. The first-order chi connectivity index (χ1) is 12.5. The number of hydrogen-bond donors (Lipinski definition) is 1. The van der Waals surface area contributed by atoms with Crippen LogP contribution in [0.2, 0.25) is 0 Å². The first-order valence-corrected chi connectivity index (χ1v) is 9.12. The number of primary sulfonamides is 1. The normalized spacial score (nSPS) is 11.9. The summed E-state index contributed by atoms with van der Waals surface area (Å²) in [5.74, 6) is 0.484. The number of rotatable bonds is 4. The summed E-state index contributed by atoms with van der Waals surface area (Å²) in [4.78, 5) is 16.9. The molecular formula is C16H14N6O3S.